The second-order valence-corrected chi connectivity index (χ2v) is 5.56. The molecule has 100 valence electrons. The Morgan fingerprint density at radius 1 is 1.47 bits per heavy atom. The van der Waals surface area contributed by atoms with E-state index in [9.17, 15) is 4.79 Å². The minimum absolute atomic E-state index is 0.216. The Bertz CT molecular complexity index is 240. The van der Waals surface area contributed by atoms with E-state index >= 15 is 0 Å². The molecule has 0 saturated heterocycles. The molecule has 17 heavy (non-hydrogen) atoms. The molecular weight excluding hydrogens is 216 g/mol. The third-order valence-corrected chi connectivity index (χ3v) is 3.43. The van der Waals surface area contributed by atoms with Crippen LogP contribution in [0.3, 0.4) is 0 Å². The molecule has 2 N–H and O–H groups in total. The van der Waals surface area contributed by atoms with Crippen LogP contribution >= 0.6 is 0 Å². The minimum Gasteiger partial charge on any atom is -0.480 e. The molecule has 0 heterocycles. The topological polar surface area (TPSA) is 52.6 Å². The first kappa shape index (κ1) is 14.5. The average Bonchev–Trinajstić information content (AvgIpc) is 2.17. The van der Waals surface area contributed by atoms with Crippen molar-refractivity contribution >= 4 is 5.97 Å². The van der Waals surface area contributed by atoms with Gasteiger partial charge in [-0.15, -0.1) is 0 Å². The summed E-state index contributed by atoms with van der Waals surface area (Å²) in [6, 6.07) is -0.202. The fourth-order valence-corrected chi connectivity index (χ4v) is 2.24. The summed E-state index contributed by atoms with van der Waals surface area (Å²) in [6.45, 7) is 5.93. The van der Waals surface area contributed by atoms with Crippen LogP contribution in [0.25, 0.3) is 0 Å². The van der Waals surface area contributed by atoms with Crippen molar-refractivity contribution in [3.63, 3.8) is 0 Å². The lowest BCUT2D eigenvalue weighted by Crippen LogP contribution is -2.43. The highest BCUT2D eigenvalue weighted by Gasteiger charge is 2.21. The Morgan fingerprint density at radius 3 is 2.53 bits per heavy atom. The minimum atomic E-state index is -0.740. The molecule has 0 aromatic heterocycles. The van der Waals surface area contributed by atoms with Gasteiger partial charge in [0, 0.05) is 12.6 Å². The molecule has 1 unspecified atom stereocenters. The molecule has 0 aliphatic heterocycles. The van der Waals surface area contributed by atoms with E-state index in [2.05, 4.69) is 17.3 Å². The van der Waals surface area contributed by atoms with E-state index in [0.717, 1.165) is 19.0 Å². The molecule has 4 nitrogen and oxygen atoms in total. The van der Waals surface area contributed by atoms with Gasteiger partial charge in [-0.25, -0.2) is 0 Å². The van der Waals surface area contributed by atoms with Crippen molar-refractivity contribution in [1.82, 2.24) is 10.2 Å². The van der Waals surface area contributed by atoms with Crippen molar-refractivity contribution < 1.29 is 9.90 Å². The zero-order valence-electron chi connectivity index (χ0n) is 11.3. The smallest absolute Gasteiger partial charge is 0.320 e. The van der Waals surface area contributed by atoms with Crippen molar-refractivity contribution in [2.45, 2.75) is 51.6 Å². The van der Waals surface area contributed by atoms with Gasteiger partial charge in [0.1, 0.15) is 6.04 Å². The van der Waals surface area contributed by atoms with Gasteiger partial charge in [0.2, 0.25) is 0 Å². The molecule has 0 radical (unpaired) electrons. The van der Waals surface area contributed by atoms with E-state index < -0.39 is 12.0 Å². The van der Waals surface area contributed by atoms with Crippen LogP contribution in [-0.4, -0.2) is 48.2 Å². The van der Waals surface area contributed by atoms with Crippen LogP contribution in [0.4, 0.5) is 0 Å². The zero-order valence-corrected chi connectivity index (χ0v) is 11.3. The van der Waals surface area contributed by atoms with Crippen LogP contribution in [0, 0.1) is 5.92 Å². The second-order valence-electron chi connectivity index (χ2n) is 5.56. The summed E-state index contributed by atoms with van der Waals surface area (Å²) in [5, 5.41) is 12.2. The van der Waals surface area contributed by atoms with Crippen LogP contribution in [0.15, 0.2) is 0 Å². The summed E-state index contributed by atoms with van der Waals surface area (Å²) in [7, 11) is 2.09. The summed E-state index contributed by atoms with van der Waals surface area (Å²) in [5.74, 6) is 0.108. The van der Waals surface area contributed by atoms with Gasteiger partial charge in [-0.1, -0.05) is 20.3 Å². The maximum atomic E-state index is 11.1. The van der Waals surface area contributed by atoms with E-state index in [0.29, 0.717) is 6.42 Å². The largest absolute Gasteiger partial charge is 0.480 e. The molecule has 0 aromatic carbocycles. The SMILES string of the molecule is CC(C)NC(CCN(C)CC1CCC1)C(=O)O. The van der Waals surface area contributed by atoms with E-state index in [1.54, 1.807) is 0 Å². The Kier molecular flexibility index (Phi) is 5.92. The fraction of sp³-hybridized carbons (Fsp3) is 0.923. The molecule has 1 atom stereocenters. The van der Waals surface area contributed by atoms with E-state index in [1.165, 1.54) is 19.3 Å². The Balaban J connectivity index is 2.22. The summed E-state index contributed by atoms with van der Waals surface area (Å²) < 4.78 is 0. The van der Waals surface area contributed by atoms with Gasteiger partial charge in [-0.3, -0.25) is 4.79 Å². The van der Waals surface area contributed by atoms with E-state index in [1.807, 2.05) is 13.8 Å². The second kappa shape index (κ2) is 6.97. The summed E-state index contributed by atoms with van der Waals surface area (Å²) in [4.78, 5) is 13.3. The number of aliphatic carboxylic acids is 1. The number of hydrogen-bond donors (Lipinski definition) is 2. The first-order valence-electron chi connectivity index (χ1n) is 6.66. The highest BCUT2D eigenvalue weighted by atomic mass is 16.4. The predicted molar refractivity (Wildman–Crippen MR) is 69.2 cm³/mol. The van der Waals surface area contributed by atoms with Crippen molar-refractivity contribution in [3.8, 4) is 0 Å². The molecule has 0 aromatic rings. The van der Waals surface area contributed by atoms with Crippen molar-refractivity contribution in [3.05, 3.63) is 0 Å². The lowest BCUT2D eigenvalue weighted by Gasteiger charge is -2.30. The molecule has 1 aliphatic rings. The van der Waals surface area contributed by atoms with E-state index in [-0.39, 0.29) is 6.04 Å². The summed E-state index contributed by atoms with van der Waals surface area (Å²) >= 11 is 0. The average molecular weight is 242 g/mol. The molecule has 1 fully saturated rings. The molecular formula is C13H26N2O2. The summed E-state index contributed by atoms with van der Waals surface area (Å²) in [6.07, 6.45) is 4.73. The predicted octanol–water partition coefficient (Wildman–Crippen LogP) is 1.56. The normalized spacial score (nSPS) is 18.4. The van der Waals surface area contributed by atoms with Crippen LogP contribution < -0.4 is 5.32 Å². The standard InChI is InChI=1S/C13H26N2O2/c1-10(2)14-12(13(16)17)7-8-15(3)9-11-5-4-6-11/h10-12,14H,4-9H2,1-3H3,(H,16,17). The Labute approximate surface area is 104 Å². The monoisotopic (exact) mass is 242 g/mol. The zero-order chi connectivity index (χ0) is 12.8. The number of hydrogen-bond acceptors (Lipinski definition) is 3. The van der Waals surface area contributed by atoms with Gasteiger partial charge in [0.15, 0.2) is 0 Å². The van der Waals surface area contributed by atoms with Crippen molar-refractivity contribution in [2.24, 2.45) is 5.92 Å². The third kappa shape index (κ3) is 5.50. The first-order chi connectivity index (χ1) is 7.99. The molecule has 1 rings (SSSR count). The molecule has 0 spiro atoms. The van der Waals surface area contributed by atoms with E-state index in [4.69, 9.17) is 5.11 Å². The molecule has 4 heteroatoms. The lowest BCUT2D eigenvalue weighted by molar-refractivity contribution is -0.139. The number of nitrogens with one attached hydrogen (secondary N) is 1. The van der Waals surface area contributed by atoms with Crippen LogP contribution in [-0.2, 0) is 4.79 Å². The highest BCUT2D eigenvalue weighted by Crippen LogP contribution is 2.26. The Hall–Kier alpha value is -0.610. The number of nitrogens with zero attached hydrogens (tertiary/aromatic N) is 1. The van der Waals surface area contributed by atoms with Crippen LogP contribution in [0.5, 0.6) is 0 Å². The fourth-order valence-electron chi connectivity index (χ4n) is 2.24. The first-order valence-corrected chi connectivity index (χ1v) is 6.66. The molecule has 1 aliphatic carbocycles. The number of carbonyl (C=O) groups is 1. The number of carboxylic acids is 1. The number of rotatable bonds is 8. The molecule has 1 saturated carbocycles. The maximum Gasteiger partial charge on any atom is 0.320 e. The van der Waals surface area contributed by atoms with Gasteiger partial charge in [0.05, 0.1) is 0 Å². The summed E-state index contributed by atoms with van der Waals surface area (Å²) in [5.41, 5.74) is 0. The lowest BCUT2D eigenvalue weighted by atomic mass is 9.85. The van der Waals surface area contributed by atoms with Gasteiger partial charge < -0.3 is 15.3 Å². The van der Waals surface area contributed by atoms with Crippen molar-refractivity contribution in [2.75, 3.05) is 20.1 Å². The van der Waals surface area contributed by atoms with Gasteiger partial charge in [-0.05, 0) is 38.8 Å². The van der Waals surface area contributed by atoms with Gasteiger partial charge in [0.25, 0.3) is 0 Å². The van der Waals surface area contributed by atoms with Crippen LogP contribution in [0.2, 0.25) is 0 Å². The third-order valence-electron chi connectivity index (χ3n) is 3.43. The quantitative estimate of drug-likeness (QED) is 0.678. The van der Waals surface area contributed by atoms with Crippen molar-refractivity contribution in [1.29, 1.82) is 0 Å². The maximum absolute atomic E-state index is 11.1. The molecule has 0 amide bonds. The Morgan fingerprint density at radius 2 is 2.12 bits per heavy atom. The van der Waals surface area contributed by atoms with Crippen LogP contribution in [0.1, 0.15) is 39.5 Å². The highest BCUT2D eigenvalue weighted by molar-refractivity contribution is 5.73. The van der Waals surface area contributed by atoms with Gasteiger partial charge >= 0.3 is 5.97 Å². The van der Waals surface area contributed by atoms with Gasteiger partial charge in [-0.2, -0.15) is 0 Å². The molecule has 0 bridgehead atoms. The number of carboxylic acid groups (broad SMARTS) is 1.